The van der Waals surface area contributed by atoms with Crippen LogP contribution in [0, 0.1) is 11.3 Å². The van der Waals surface area contributed by atoms with E-state index in [1.807, 2.05) is 6.07 Å². The summed E-state index contributed by atoms with van der Waals surface area (Å²) in [4.78, 5) is 3.98. The van der Waals surface area contributed by atoms with Crippen LogP contribution in [0.3, 0.4) is 0 Å². The molecule has 2 heterocycles. The Morgan fingerprint density at radius 3 is 2.48 bits per heavy atom. The molecule has 0 unspecified atom stereocenters. The van der Waals surface area contributed by atoms with E-state index < -0.39 is 15.9 Å². The molecule has 0 bridgehead atoms. The molecule has 4 aromatic rings. The van der Waals surface area contributed by atoms with Gasteiger partial charge in [-0.3, -0.25) is 0 Å². The van der Waals surface area contributed by atoms with Gasteiger partial charge < -0.3 is 19.3 Å². The molecule has 0 atom stereocenters. The van der Waals surface area contributed by atoms with Crippen molar-refractivity contribution in [3.05, 3.63) is 60.3 Å². The lowest BCUT2D eigenvalue weighted by Gasteiger charge is -2.13. The van der Waals surface area contributed by atoms with Gasteiger partial charge in [0.15, 0.2) is 0 Å². The second-order valence-corrected chi connectivity index (χ2v) is 8.64. The molecule has 168 valence electrons. The quantitative estimate of drug-likeness (QED) is 0.459. The highest BCUT2D eigenvalue weighted by atomic mass is 32.2. The monoisotopic (exact) mass is 465 g/mol. The van der Waals surface area contributed by atoms with Crippen LogP contribution in [0.25, 0.3) is 22.0 Å². The van der Waals surface area contributed by atoms with E-state index >= 15 is 0 Å². The highest BCUT2D eigenvalue weighted by molar-refractivity contribution is 7.90. The van der Waals surface area contributed by atoms with E-state index in [0.29, 0.717) is 22.3 Å². The van der Waals surface area contributed by atoms with Gasteiger partial charge in [0, 0.05) is 17.6 Å². The molecule has 10 heteroatoms. The molecule has 0 amide bonds. The van der Waals surface area contributed by atoms with Gasteiger partial charge in [0.1, 0.15) is 16.4 Å². The van der Waals surface area contributed by atoms with Gasteiger partial charge in [0.25, 0.3) is 10.0 Å². The van der Waals surface area contributed by atoms with Crippen molar-refractivity contribution in [2.24, 2.45) is 0 Å². The van der Waals surface area contributed by atoms with Crippen LogP contribution in [-0.4, -0.2) is 43.8 Å². The largest absolute Gasteiger partial charge is 0.497 e. The summed E-state index contributed by atoms with van der Waals surface area (Å²) in [6.45, 7) is 0. The molecule has 2 aromatic carbocycles. The van der Waals surface area contributed by atoms with E-state index in [0.717, 1.165) is 3.97 Å². The Hall–Kier alpha value is -4.23. The van der Waals surface area contributed by atoms with Crippen LogP contribution in [0.1, 0.15) is 5.56 Å². The maximum atomic E-state index is 13.8. The van der Waals surface area contributed by atoms with Gasteiger partial charge >= 0.3 is 0 Å². The minimum absolute atomic E-state index is 0.0461. The lowest BCUT2D eigenvalue weighted by atomic mass is 10.0. The topological polar surface area (TPSA) is 124 Å². The van der Waals surface area contributed by atoms with E-state index in [-0.39, 0.29) is 27.6 Å². The summed E-state index contributed by atoms with van der Waals surface area (Å²) in [6, 6.07) is 14.0. The average Bonchev–Trinajstić information content (AvgIpc) is 3.14. The lowest BCUT2D eigenvalue weighted by Crippen LogP contribution is -2.13. The number of ether oxygens (including phenoxy) is 3. The molecule has 33 heavy (non-hydrogen) atoms. The van der Waals surface area contributed by atoms with E-state index in [1.165, 1.54) is 63.9 Å². The maximum Gasteiger partial charge on any atom is 0.274 e. The standard InChI is InChI=1S/C23H19N3O6S/c1-30-15-7-9-20(19(12-15)31-2)33(28,29)26-18-8-6-14(13-24)11-17(18)21(23(26)27)16-5-4-10-25-22(16)32-3/h4-12,27H,1-3H3. The summed E-state index contributed by atoms with van der Waals surface area (Å²) in [5.74, 6) is 0.0921. The van der Waals surface area contributed by atoms with Crippen molar-refractivity contribution in [1.29, 1.82) is 5.26 Å². The summed E-state index contributed by atoms with van der Waals surface area (Å²) >= 11 is 0. The molecule has 0 aliphatic heterocycles. The number of pyridine rings is 1. The van der Waals surface area contributed by atoms with Crippen LogP contribution in [0.15, 0.2) is 59.6 Å². The molecule has 1 N–H and O–H groups in total. The predicted octanol–water partition coefficient (Wildman–Crippen LogP) is 3.54. The fourth-order valence-corrected chi connectivity index (χ4v) is 5.23. The van der Waals surface area contributed by atoms with Gasteiger partial charge in [-0.2, -0.15) is 5.26 Å². The number of benzene rings is 2. The van der Waals surface area contributed by atoms with Crippen LogP contribution in [-0.2, 0) is 10.0 Å². The third kappa shape index (κ3) is 3.48. The van der Waals surface area contributed by atoms with E-state index in [9.17, 15) is 18.8 Å². The molecule has 0 fully saturated rings. The second-order valence-electron chi connectivity index (χ2n) is 6.89. The summed E-state index contributed by atoms with van der Waals surface area (Å²) in [7, 11) is -0.137. The minimum Gasteiger partial charge on any atom is -0.497 e. The van der Waals surface area contributed by atoms with Crippen molar-refractivity contribution in [2.45, 2.75) is 4.90 Å². The average molecular weight is 465 g/mol. The number of aromatic hydroxyl groups is 1. The minimum atomic E-state index is -4.35. The number of hydrogen-bond acceptors (Lipinski definition) is 8. The van der Waals surface area contributed by atoms with Crippen molar-refractivity contribution in [3.63, 3.8) is 0 Å². The Morgan fingerprint density at radius 1 is 1.03 bits per heavy atom. The lowest BCUT2D eigenvalue weighted by molar-refractivity contribution is 0.385. The Bertz CT molecular complexity index is 1520. The third-order valence-corrected chi connectivity index (χ3v) is 6.90. The van der Waals surface area contributed by atoms with Crippen LogP contribution >= 0.6 is 0 Å². The SMILES string of the molecule is COc1ccc(S(=O)(=O)n2c(O)c(-c3cccnc3OC)c3cc(C#N)ccc32)c(OC)c1. The van der Waals surface area contributed by atoms with E-state index in [4.69, 9.17) is 14.2 Å². The predicted molar refractivity (Wildman–Crippen MR) is 120 cm³/mol. The fraction of sp³-hybridized carbons (Fsp3) is 0.130. The Labute approximate surface area is 190 Å². The first-order valence-electron chi connectivity index (χ1n) is 9.61. The van der Waals surface area contributed by atoms with Crippen LogP contribution < -0.4 is 14.2 Å². The Morgan fingerprint density at radius 2 is 1.82 bits per heavy atom. The molecular formula is C23H19N3O6S. The van der Waals surface area contributed by atoms with Gasteiger partial charge in [0.05, 0.1) is 49.6 Å². The zero-order valence-corrected chi connectivity index (χ0v) is 18.8. The Balaban J connectivity index is 2.10. The zero-order chi connectivity index (χ0) is 23.8. The molecule has 0 saturated heterocycles. The molecule has 4 rings (SSSR count). The number of nitriles is 1. The summed E-state index contributed by atoms with van der Waals surface area (Å²) in [5, 5.41) is 21.0. The van der Waals surface area contributed by atoms with Crippen LogP contribution in [0.4, 0.5) is 0 Å². The van der Waals surface area contributed by atoms with Gasteiger partial charge in [-0.1, -0.05) is 0 Å². The second kappa shape index (κ2) is 8.37. The number of nitrogens with zero attached hydrogens (tertiary/aromatic N) is 3. The molecule has 0 aliphatic carbocycles. The van der Waals surface area contributed by atoms with Crippen LogP contribution in [0.5, 0.6) is 23.3 Å². The van der Waals surface area contributed by atoms with Gasteiger partial charge in [-0.05, 0) is 42.5 Å². The summed E-state index contributed by atoms with van der Waals surface area (Å²) in [5.41, 5.74) is 1.00. The van der Waals surface area contributed by atoms with Crippen molar-refractivity contribution < 1.29 is 27.7 Å². The molecule has 0 aliphatic rings. The molecule has 0 saturated carbocycles. The Kier molecular flexibility index (Phi) is 5.57. The molecule has 2 aromatic heterocycles. The first-order chi connectivity index (χ1) is 15.9. The van der Waals surface area contributed by atoms with Crippen molar-refractivity contribution >= 4 is 20.9 Å². The van der Waals surface area contributed by atoms with Crippen molar-refractivity contribution in [1.82, 2.24) is 8.96 Å². The third-order valence-electron chi connectivity index (χ3n) is 5.15. The highest BCUT2D eigenvalue weighted by Crippen LogP contribution is 2.45. The summed E-state index contributed by atoms with van der Waals surface area (Å²) < 4.78 is 44.1. The number of rotatable bonds is 6. The maximum absolute atomic E-state index is 13.8. The normalized spacial score (nSPS) is 11.2. The molecular weight excluding hydrogens is 446 g/mol. The molecule has 9 nitrogen and oxygen atoms in total. The number of methoxy groups -OCH3 is 3. The molecule has 0 spiro atoms. The van der Waals surface area contributed by atoms with Gasteiger partial charge in [0.2, 0.25) is 11.8 Å². The van der Waals surface area contributed by atoms with Gasteiger partial charge in [-0.25, -0.2) is 17.4 Å². The van der Waals surface area contributed by atoms with E-state index in [1.54, 1.807) is 12.1 Å². The number of fused-ring (bicyclic) bond motifs is 1. The van der Waals surface area contributed by atoms with E-state index in [2.05, 4.69) is 4.98 Å². The van der Waals surface area contributed by atoms with Gasteiger partial charge in [-0.15, -0.1) is 0 Å². The number of aromatic nitrogens is 2. The smallest absolute Gasteiger partial charge is 0.274 e. The van der Waals surface area contributed by atoms with Crippen molar-refractivity contribution in [2.75, 3.05) is 21.3 Å². The molecule has 0 radical (unpaired) electrons. The summed E-state index contributed by atoms with van der Waals surface area (Å²) in [6.07, 6.45) is 1.51. The fourth-order valence-electron chi connectivity index (χ4n) is 3.66. The first kappa shape index (κ1) is 22.0. The van der Waals surface area contributed by atoms with Crippen LogP contribution in [0.2, 0.25) is 0 Å². The number of hydrogen-bond donors (Lipinski definition) is 1. The zero-order valence-electron chi connectivity index (χ0n) is 17.9. The van der Waals surface area contributed by atoms with Crippen molar-refractivity contribution in [3.8, 4) is 40.5 Å². The highest BCUT2D eigenvalue weighted by Gasteiger charge is 2.31. The first-order valence-corrected chi connectivity index (χ1v) is 11.1.